The van der Waals surface area contributed by atoms with Crippen LogP contribution in [0.4, 0.5) is 0 Å². The van der Waals surface area contributed by atoms with Crippen LogP contribution in [0.15, 0.2) is 60.2 Å². The van der Waals surface area contributed by atoms with Gasteiger partial charge in [0.2, 0.25) is 5.91 Å². The average Bonchev–Trinajstić information content (AvgIpc) is 3.37. The largest absolute Gasteiger partial charge is 0.368 e. The summed E-state index contributed by atoms with van der Waals surface area (Å²) >= 11 is 1.52. The molecule has 2 amide bonds. The van der Waals surface area contributed by atoms with E-state index in [-0.39, 0.29) is 13.3 Å². The van der Waals surface area contributed by atoms with E-state index in [9.17, 15) is 9.59 Å². The molecule has 0 saturated heterocycles. The molecule has 1 atom stereocenters. The number of hydrogen-bond acceptors (Lipinski definition) is 5. The Morgan fingerprint density at radius 1 is 1.17 bits per heavy atom. The van der Waals surface area contributed by atoms with Crippen LogP contribution in [0.25, 0.3) is 22.4 Å². The molecule has 8 heteroatoms. The molecule has 0 radical (unpaired) electrons. The van der Waals surface area contributed by atoms with E-state index >= 15 is 0 Å². The van der Waals surface area contributed by atoms with Gasteiger partial charge in [0.05, 0.1) is 11.0 Å². The molecule has 0 saturated carbocycles. The van der Waals surface area contributed by atoms with Gasteiger partial charge in [-0.25, -0.2) is 4.98 Å². The molecule has 0 unspecified atom stereocenters. The predicted octanol–water partition coefficient (Wildman–Crippen LogP) is 3.15. The first-order valence-corrected chi connectivity index (χ1v) is 9.51. The highest BCUT2D eigenvalue weighted by atomic mass is 32.1. The molecule has 4 N–H and O–H groups in total. The van der Waals surface area contributed by atoms with Crippen molar-refractivity contribution in [3.05, 3.63) is 70.7 Å². The second kappa shape index (κ2) is 8.66. The number of benzene rings is 1. The Morgan fingerprint density at radius 2 is 1.97 bits per heavy atom. The Balaban J connectivity index is 0.00000240. The number of carbonyl (C=O) groups excluding carboxylic acids is 2. The van der Waals surface area contributed by atoms with Gasteiger partial charge in [-0.05, 0) is 41.8 Å². The maximum absolute atomic E-state index is 12.7. The Kier molecular flexibility index (Phi) is 6.04. The monoisotopic (exact) mass is 407 g/mol. The first-order chi connectivity index (χ1) is 13.6. The van der Waals surface area contributed by atoms with Gasteiger partial charge >= 0.3 is 0 Å². The van der Waals surface area contributed by atoms with Crippen molar-refractivity contribution >= 4 is 34.2 Å². The topological polar surface area (TPSA) is 114 Å². The molecule has 4 aromatic rings. The lowest BCUT2D eigenvalue weighted by Crippen LogP contribution is -2.45. The summed E-state index contributed by atoms with van der Waals surface area (Å²) in [4.78, 5) is 37.1. The highest BCUT2D eigenvalue weighted by molar-refractivity contribution is 7.09. The first-order valence-electron chi connectivity index (χ1n) is 8.63. The number of amides is 2. The highest BCUT2D eigenvalue weighted by Gasteiger charge is 2.20. The number of imidazole rings is 1. The molecule has 148 valence electrons. The summed E-state index contributed by atoms with van der Waals surface area (Å²) in [5, 5.41) is 4.64. The van der Waals surface area contributed by atoms with Crippen LogP contribution >= 0.6 is 11.3 Å². The van der Waals surface area contributed by atoms with Gasteiger partial charge in [-0.2, -0.15) is 0 Å². The van der Waals surface area contributed by atoms with Crippen molar-refractivity contribution in [3.63, 3.8) is 0 Å². The summed E-state index contributed by atoms with van der Waals surface area (Å²) in [7, 11) is 0. The number of H-pyrrole nitrogens is 1. The molecule has 29 heavy (non-hydrogen) atoms. The number of primary amides is 1. The number of nitrogens with zero attached hydrogens (tertiary/aromatic N) is 2. The number of carbonyl (C=O) groups is 2. The molecular formula is C21H21N5O2S. The molecule has 7 nitrogen and oxygen atoms in total. The van der Waals surface area contributed by atoms with Crippen molar-refractivity contribution in [2.75, 3.05) is 0 Å². The number of fused-ring (bicyclic) bond motifs is 1. The van der Waals surface area contributed by atoms with Gasteiger partial charge in [0.1, 0.15) is 11.9 Å². The number of pyridine rings is 1. The summed E-state index contributed by atoms with van der Waals surface area (Å²) in [6.07, 6.45) is 3.76. The van der Waals surface area contributed by atoms with Crippen molar-refractivity contribution in [2.24, 2.45) is 5.73 Å². The number of nitrogens with one attached hydrogen (secondary N) is 2. The number of rotatable bonds is 6. The van der Waals surface area contributed by atoms with E-state index in [1.807, 2.05) is 29.6 Å². The van der Waals surface area contributed by atoms with Gasteiger partial charge in [-0.1, -0.05) is 13.5 Å². The Bertz CT molecular complexity index is 1120. The second-order valence-electron chi connectivity index (χ2n) is 6.27. The highest BCUT2D eigenvalue weighted by Crippen LogP contribution is 2.21. The molecule has 0 bridgehead atoms. The average molecular weight is 407 g/mol. The van der Waals surface area contributed by atoms with Crippen LogP contribution in [0.3, 0.4) is 0 Å². The predicted molar refractivity (Wildman–Crippen MR) is 115 cm³/mol. The van der Waals surface area contributed by atoms with Gasteiger partial charge in [0.15, 0.2) is 0 Å². The summed E-state index contributed by atoms with van der Waals surface area (Å²) in [5.74, 6) is -0.227. The third-order valence-corrected chi connectivity index (χ3v) is 5.23. The third kappa shape index (κ3) is 4.49. The smallest absolute Gasteiger partial charge is 0.252 e. The van der Waals surface area contributed by atoms with Crippen LogP contribution in [0.2, 0.25) is 0 Å². The van der Waals surface area contributed by atoms with Crippen molar-refractivity contribution in [1.82, 2.24) is 20.3 Å². The van der Waals surface area contributed by atoms with E-state index < -0.39 is 11.9 Å². The molecule has 0 fully saturated rings. The fourth-order valence-corrected chi connectivity index (χ4v) is 3.64. The second-order valence-corrected chi connectivity index (χ2v) is 7.30. The number of hydrogen-bond donors (Lipinski definition) is 3. The normalized spacial score (nSPS) is 11.6. The number of aromatic amines is 1. The standard InChI is InChI=1S/C20H17N5O2S.CH4/c21-18(26)17(11-14-2-1-9-28-14)25-20(27)13-3-4-15-16(10-13)24-19(23-15)12-5-7-22-8-6-12;/h1-10,17H,11H2,(H2,21,26)(H,23,24)(H,25,27);1H4/t17-;/m0./s1. The number of aromatic nitrogens is 3. The van der Waals surface area contributed by atoms with Crippen LogP contribution < -0.4 is 11.1 Å². The molecule has 0 aliphatic heterocycles. The maximum Gasteiger partial charge on any atom is 0.252 e. The molecule has 0 spiro atoms. The van der Waals surface area contributed by atoms with Crippen LogP contribution in [0.5, 0.6) is 0 Å². The fourth-order valence-electron chi connectivity index (χ4n) is 2.89. The lowest BCUT2D eigenvalue weighted by atomic mass is 10.1. The maximum atomic E-state index is 12.7. The van der Waals surface area contributed by atoms with Crippen molar-refractivity contribution in [3.8, 4) is 11.4 Å². The minimum absolute atomic E-state index is 0. The van der Waals surface area contributed by atoms with Crippen LogP contribution in [-0.2, 0) is 11.2 Å². The lowest BCUT2D eigenvalue weighted by molar-refractivity contribution is -0.119. The first kappa shape index (κ1) is 20.2. The molecular weight excluding hydrogens is 386 g/mol. The molecule has 1 aromatic carbocycles. The van der Waals surface area contributed by atoms with E-state index in [0.717, 1.165) is 21.5 Å². The fraction of sp³-hybridized carbons (Fsp3) is 0.143. The van der Waals surface area contributed by atoms with E-state index in [2.05, 4.69) is 20.3 Å². The van der Waals surface area contributed by atoms with Crippen LogP contribution in [0, 0.1) is 0 Å². The number of thiophene rings is 1. The molecule has 0 aliphatic carbocycles. The zero-order chi connectivity index (χ0) is 19.5. The van der Waals surface area contributed by atoms with Gasteiger partial charge in [0, 0.05) is 34.8 Å². The van der Waals surface area contributed by atoms with Gasteiger partial charge in [0.25, 0.3) is 5.91 Å². The zero-order valence-corrected chi connectivity index (χ0v) is 15.6. The van der Waals surface area contributed by atoms with Crippen molar-refractivity contribution in [2.45, 2.75) is 19.9 Å². The number of nitrogens with two attached hydrogens (primary N) is 1. The van der Waals surface area contributed by atoms with Gasteiger partial charge in [-0.15, -0.1) is 11.3 Å². The Labute approximate surface area is 172 Å². The minimum Gasteiger partial charge on any atom is -0.368 e. The van der Waals surface area contributed by atoms with E-state index in [1.54, 1.807) is 30.6 Å². The quantitative estimate of drug-likeness (QED) is 0.455. The summed E-state index contributed by atoms with van der Waals surface area (Å²) in [5.41, 5.74) is 8.27. The van der Waals surface area contributed by atoms with Gasteiger partial charge in [-0.3, -0.25) is 14.6 Å². The van der Waals surface area contributed by atoms with E-state index in [0.29, 0.717) is 17.8 Å². The van der Waals surface area contributed by atoms with Crippen LogP contribution in [0.1, 0.15) is 22.7 Å². The van der Waals surface area contributed by atoms with Crippen molar-refractivity contribution < 1.29 is 9.59 Å². The summed E-state index contributed by atoms with van der Waals surface area (Å²) < 4.78 is 0. The van der Waals surface area contributed by atoms with E-state index in [1.165, 1.54) is 11.3 Å². The zero-order valence-electron chi connectivity index (χ0n) is 14.8. The Hall–Kier alpha value is -3.52. The van der Waals surface area contributed by atoms with Crippen molar-refractivity contribution in [1.29, 1.82) is 0 Å². The van der Waals surface area contributed by atoms with E-state index in [4.69, 9.17) is 5.73 Å². The minimum atomic E-state index is -0.768. The van der Waals surface area contributed by atoms with Crippen LogP contribution in [-0.4, -0.2) is 32.8 Å². The molecule has 4 rings (SSSR count). The SMILES string of the molecule is C.NC(=O)[C@H](Cc1cccs1)NC(=O)c1ccc2nc(-c3ccncc3)[nH]c2c1. The molecule has 0 aliphatic rings. The Morgan fingerprint density at radius 3 is 2.66 bits per heavy atom. The summed E-state index contributed by atoms with van der Waals surface area (Å²) in [6, 6.07) is 11.9. The lowest BCUT2D eigenvalue weighted by Gasteiger charge is -2.14. The molecule has 3 aromatic heterocycles. The molecule has 3 heterocycles. The summed E-state index contributed by atoms with van der Waals surface area (Å²) in [6.45, 7) is 0. The third-order valence-electron chi connectivity index (χ3n) is 4.33. The van der Waals surface area contributed by atoms with Gasteiger partial charge < -0.3 is 16.0 Å².